The van der Waals surface area contributed by atoms with Crippen LogP contribution in [0.15, 0.2) is 23.5 Å². The molecule has 5 heteroatoms. The largest absolute Gasteiger partial charge is 0.377 e. The molecule has 22 heavy (non-hydrogen) atoms. The molecule has 0 bridgehead atoms. The Morgan fingerprint density at radius 1 is 1.41 bits per heavy atom. The fourth-order valence-corrected chi connectivity index (χ4v) is 3.63. The Morgan fingerprint density at radius 3 is 2.77 bits per heavy atom. The number of aliphatic imine (C=N–C) groups is 1. The summed E-state index contributed by atoms with van der Waals surface area (Å²) in [4.78, 5) is 8.27. The summed E-state index contributed by atoms with van der Waals surface area (Å²) in [5.41, 5.74) is 2.02. The zero-order valence-electron chi connectivity index (χ0n) is 13.0. The van der Waals surface area contributed by atoms with Gasteiger partial charge in [-0.2, -0.15) is 10.3 Å². The van der Waals surface area contributed by atoms with E-state index in [0.717, 1.165) is 18.5 Å². The molecule has 0 unspecified atom stereocenters. The predicted molar refractivity (Wildman–Crippen MR) is 89.2 cm³/mol. The third-order valence-electron chi connectivity index (χ3n) is 4.40. The highest BCUT2D eigenvalue weighted by Gasteiger charge is 2.35. The summed E-state index contributed by atoms with van der Waals surface area (Å²) < 4.78 is 5.92. The maximum Gasteiger partial charge on any atom is 0.0957 e. The van der Waals surface area contributed by atoms with Crippen LogP contribution in [-0.2, 0) is 4.74 Å². The summed E-state index contributed by atoms with van der Waals surface area (Å²) in [5.74, 6) is 1.33. The molecule has 0 spiro atoms. The Hall–Kier alpha value is -1.60. The minimum atomic E-state index is 0.226. The highest BCUT2D eigenvalue weighted by molar-refractivity contribution is 7.78. The highest BCUT2D eigenvalue weighted by atomic mass is 32.1. The third-order valence-corrected chi connectivity index (χ3v) is 4.49. The third kappa shape index (κ3) is 3.98. The Morgan fingerprint density at radius 2 is 2.14 bits per heavy atom. The van der Waals surface area contributed by atoms with Crippen LogP contribution >= 0.6 is 12.2 Å². The first kappa shape index (κ1) is 16.8. The van der Waals surface area contributed by atoms with Crippen molar-refractivity contribution in [1.82, 2.24) is 4.98 Å². The van der Waals surface area contributed by atoms with Gasteiger partial charge in [0.2, 0.25) is 0 Å². The first-order valence-corrected chi connectivity index (χ1v) is 8.08. The lowest BCUT2D eigenvalue weighted by atomic mass is 9.72. The van der Waals surface area contributed by atoms with E-state index in [0.29, 0.717) is 30.8 Å². The molecule has 1 fully saturated rings. The van der Waals surface area contributed by atoms with Crippen molar-refractivity contribution >= 4 is 23.1 Å². The molecule has 1 aromatic rings. The fourth-order valence-electron chi connectivity index (χ4n) is 3.53. The first-order chi connectivity index (χ1) is 10.7. The minimum absolute atomic E-state index is 0.226. The zero-order chi connectivity index (χ0) is 15.9. The molecule has 1 aliphatic carbocycles. The van der Waals surface area contributed by atoms with Gasteiger partial charge in [0.1, 0.15) is 0 Å². The maximum atomic E-state index is 8.64. The number of ether oxygens (including phenoxy) is 1. The normalized spacial score (nSPS) is 27.7. The Labute approximate surface area is 137 Å². The molecular weight excluding hydrogens is 294 g/mol. The average Bonchev–Trinajstić information content (AvgIpc) is 2.51. The second-order valence-corrected chi connectivity index (χ2v) is 6.19. The molecule has 0 saturated heterocycles. The molecule has 1 aliphatic rings. The van der Waals surface area contributed by atoms with Crippen molar-refractivity contribution in [2.75, 3.05) is 6.61 Å². The number of nitriles is 1. The molecule has 116 valence electrons. The van der Waals surface area contributed by atoms with Crippen LogP contribution in [0.25, 0.3) is 0 Å². The lowest BCUT2D eigenvalue weighted by molar-refractivity contribution is -0.0402. The lowest BCUT2D eigenvalue weighted by Crippen LogP contribution is -2.36. The van der Waals surface area contributed by atoms with Crippen LogP contribution in [0.3, 0.4) is 0 Å². The number of pyridine rings is 1. The van der Waals surface area contributed by atoms with Crippen molar-refractivity contribution in [3.05, 3.63) is 24.0 Å². The summed E-state index contributed by atoms with van der Waals surface area (Å²) in [6.07, 6.45) is 6.33. The molecule has 0 radical (unpaired) electrons. The average molecular weight is 315 g/mol. The molecule has 0 aliphatic heterocycles. The van der Waals surface area contributed by atoms with Gasteiger partial charge in [0.25, 0.3) is 0 Å². The topological polar surface area (TPSA) is 58.3 Å². The van der Waals surface area contributed by atoms with Crippen LogP contribution in [0, 0.1) is 23.2 Å². The lowest BCUT2D eigenvalue weighted by Gasteiger charge is -2.39. The van der Waals surface area contributed by atoms with Crippen LogP contribution in [-0.4, -0.2) is 22.9 Å². The SMILES string of the molecule is C[C@@H]1C[C@H](c2ccncc2N=C=S)C[C@H](C)[C@@H]1OCCC#N. The molecule has 1 saturated carbocycles. The van der Waals surface area contributed by atoms with Gasteiger partial charge in [-0.15, -0.1) is 0 Å². The van der Waals surface area contributed by atoms with Crippen molar-refractivity contribution in [2.24, 2.45) is 16.8 Å². The summed E-state index contributed by atoms with van der Waals surface area (Å²) in [6, 6.07) is 4.17. The van der Waals surface area contributed by atoms with Crippen molar-refractivity contribution in [2.45, 2.75) is 45.1 Å². The zero-order valence-corrected chi connectivity index (χ0v) is 13.8. The molecule has 4 atom stereocenters. The molecule has 4 nitrogen and oxygen atoms in total. The van der Waals surface area contributed by atoms with Gasteiger partial charge in [-0.3, -0.25) is 4.98 Å². The van der Waals surface area contributed by atoms with E-state index in [1.165, 1.54) is 5.56 Å². The smallest absolute Gasteiger partial charge is 0.0957 e. The van der Waals surface area contributed by atoms with Gasteiger partial charge in [-0.05, 0) is 54.4 Å². The minimum Gasteiger partial charge on any atom is -0.377 e. The summed E-state index contributed by atoms with van der Waals surface area (Å²) in [6.45, 7) is 4.97. The molecule has 0 N–H and O–H groups in total. The van der Waals surface area contributed by atoms with E-state index in [4.69, 9.17) is 22.2 Å². The summed E-state index contributed by atoms with van der Waals surface area (Å²) >= 11 is 4.73. The van der Waals surface area contributed by atoms with Crippen molar-refractivity contribution < 1.29 is 4.74 Å². The molecule has 1 aromatic heterocycles. The predicted octanol–water partition coefficient (Wildman–Crippen LogP) is 4.26. The number of isothiocyanates is 1. The van der Waals surface area contributed by atoms with Gasteiger partial charge in [-0.25, -0.2) is 0 Å². The van der Waals surface area contributed by atoms with Crippen LogP contribution in [0.1, 0.15) is 44.6 Å². The maximum absolute atomic E-state index is 8.64. The van der Waals surface area contributed by atoms with Gasteiger partial charge >= 0.3 is 0 Å². The van der Waals surface area contributed by atoms with E-state index in [1.54, 1.807) is 6.20 Å². The molecular formula is C17H21N3OS. The Balaban J connectivity index is 2.11. The highest BCUT2D eigenvalue weighted by Crippen LogP contribution is 2.43. The van der Waals surface area contributed by atoms with Crippen LogP contribution < -0.4 is 0 Å². The van der Waals surface area contributed by atoms with Gasteiger partial charge in [-0.1, -0.05) is 13.8 Å². The van der Waals surface area contributed by atoms with Gasteiger partial charge in [0.05, 0.1) is 42.2 Å². The standard InChI is InChI=1S/C17H21N3OS/c1-12-8-14(9-13(2)17(12)21-7-3-5-18)15-4-6-19-10-16(15)20-11-22/h4,6,10,12-14,17H,3,7-9H2,1-2H3/t12-,13+,14+,17-. The van der Waals surface area contributed by atoms with Crippen molar-refractivity contribution in [3.63, 3.8) is 0 Å². The quantitative estimate of drug-likeness (QED) is 0.462. The number of hydrogen-bond acceptors (Lipinski definition) is 5. The van der Waals surface area contributed by atoms with Crippen LogP contribution in [0.4, 0.5) is 5.69 Å². The van der Waals surface area contributed by atoms with E-state index in [9.17, 15) is 0 Å². The molecule has 2 rings (SSSR count). The first-order valence-electron chi connectivity index (χ1n) is 7.67. The number of thiocarbonyl (C=S) groups is 1. The fraction of sp³-hybridized carbons (Fsp3) is 0.588. The van der Waals surface area contributed by atoms with E-state index < -0.39 is 0 Å². The van der Waals surface area contributed by atoms with E-state index in [-0.39, 0.29) is 6.10 Å². The number of hydrogen-bond donors (Lipinski definition) is 0. The van der Waals surface area contributed by atoms with Crippen LogP contribution in [0.2, 0.25) is 0 Å². The Kier molecular flexibility index (Phi) is 6.21. The van der Waals surface area contributed by atoms with Gasteiger partial charge in [0.15, 0.2) is 0 Å². The van der Waals surface area contributed by atoms with Crippen molar-refractivity contribution in [1.29, 1.82) is 5.26 Å². The number of rotatable bonds is 5. The van der Waals surface area contributed by atoms with E-state index in [2.05, 4.69) is 35.1 Å². The molecule has 0 aromatic carbocycles. The summed E-state index contributed by atoms with van der Waals surface area (Å²) in [5, 5.41) is 11.1. The monoisotopic (exact) mass is 315 g/mol. The number of aromatic nitrogens is 1. The Bertz CT molecular complexity index is 580. The molecule has 0 amide bonds. The second-order valence-electron chi connectivity index (χ2n) is 6.00. The number of nitrogens with zero attached hydrogens (tertiary/aromatic N) is 3. The van der Waals surface area contributed by atoms with Gasteiger partial charge in [0, 0.05) is 6.20 Å². The molecule has 1 heterocycles. The van der Waals surface area contributed by atoms with Crippen LogP contribution in [0.5, 0.6) is 0 Å². The van der Waals surface area contributed by atoms with E-state index in [1.807, 2.05) is 12.3 Å². The van der Waals surface area contributed by atoms with Crippen molar-refractivity contribution in [3.8, 4) is 6.07 Å². The van der Waals surface area contributed by atoms with Gasteiger partial charge < -0.3 is 4.74 Å². The summed E-state index contributed by atoms with van der Waals surface area (Å²) in [7, 11) is 0. The van der Waals surface area contributed by atoms with E-state index >= 15 is 0 Å². The second kappa shape index (κ2) is 8.14.